The predicted molar refractivity (Wildman–Crippen MR) is 99.5 cm³/mol. The number of fused-ring (bicyclic) bond motifs is 1. The highest BCUT2D eigenvalue weighted by molar-refractivity contribution is 8.00. The standard InChI is InChI=1S/C19H16ClNOS/c1-13-6-8-16(11-18(13)20)21-19(22)12-23-17-9-7-14-4-2-3-5-15(14)10-17/h2-11H,12H2,1H3,(H,21,22). The fraction of sp³-hybridized carbons (Fsp3) is 0.105. The number of anilines is 1. The molecule has 0 saturated heterocycles. The van der Waals surface area contributed by atoms with Crippen molar-refractivity contribution in [1.82, 2.24) is 0 Å². The van der Waals surface area contributed by atoms with Crippen LogP contribution in [0.1, 0.15) is 5.56 Å². The summed E-state index contributed by atoms with van der Waals surface area (Å²) in [5.74, 6) is 0.326. The molecule has 0 fully saturated rings. The van der Waals surface area contributed by atoms with Gasteiger partial charge in [0.2, 0.25) is 5.91 Å². The summed E-state index contributed by atoms with van der Waals surface area (Å²) in [6.07, 6.45) is 0. The van der Waals surface area contributed by atoms with Crippen molar-refractivity contribution in [2.24, 2.45) is 0 Å². The highest BCUT2D eigenvalue weighted by atomic mass is 35.5. The molecule has 23 heavy (non-hydrogen) atoms. The summed E-state index contributed by atoms with van der Waals surface area (Å²) >= 11 is 7.59. The Morgan fingerprint density at radius 2 is 1.83 bits per heavy atom. The molecule has 0 aromatic heterocycles. The second kappa shape index (κ2) is 7.07. The second-order valence-corrected chi connectivity index (χ2v) is 6.77. The molecule has 0 saturated carbocycles. The smallest absolute Gasteiger partial charge is 0.234 e. The van der Waals surface area contributed by atoms with Gasteiger partial charge in [0.1, 0.15) is 0 Å². The Kier molecular flexibility index (Phi) is 4.89. The number of nitrogens with one attached hydrogen (secondary N) is 1. The fourth-order valence-corrected chi connectivity index (χ4v) is 3.20. The number of carbonyl (C=O) groups is 1. The number of benzene rings is 3. The summed E-state index contributed by atoms with van der Waals surface area (Å²) in [6.45, 7) is 1.93. The molecule has 0 radical (unpaired) electrons. The number of amides is 1. The van der Waals surface area contributed by atoms with Crippen molar-refractivity contribution in [2.75, 3.05) is 11.1 Å². The monoisotopic (exact) mass is 341 g/mol. The molecule has 0 spiro atoms. The van der Waals surface area contributed by atoms with Crippen LogP contribution in [0.25, 0.3) is 10.8 Å². The molecule has 0 heterocycles. The summed E-state index contributed by atoms with van der Waals surface area (Å²) in [5, 5.41) is 5.92. The van der Waals surface area contributed by atoms with Crippen molar-refractivity contribution >= 4 is 45.7 Å². The maximum Gasteiger partial charge on any atom is 0.234 e. The molecule has 0 unspecified atom stereocenters. The van der Waals surface area contributed by atoms with Gasteiger partial charge < -0.3 is 5.32 Å². The maximum absolute atomic E-state index is 12.1. The summed E-state index contributed by atoms with van der Waals surface area (Å²) in [4.78, 5) is 13.2. The van der Waals surface area contributed by atoms with Gasteiger partial charge in [-0.2, -0.15) is 0 Å². The van der Waals surface area contributed by atoms with E-state index in [0.29, 0.717) is 10.8 Å². The van der Waals surface area contributed by atoms with Crippen LogP contribution >= 0.6 is 23.4 Å². The number of rotatable bonds is 4. The molecule has 0 aliphatic heterocycles. The van der Waals surface area contributed by atoms with Gasteiger partial charge in [0, 0.05) is 15.6 Å². The third-order valence-corrected chi connectivity index (χ3v) is 4.95. The lowest BCUT2D eigenvalue weighted by Gasteiger charge is -2.07. The van der Waals surface area contributed by atoms with Gasteiger partial charge in [0.25, 0.3) is 0 Å². The zero-order chi connectivity index (χ0) is 16.2. The zero-order valence-corrected chi connectivity index (χ0v) is 14.2. The minimum atomic E-state index is -0.0388. The maximum atomic E-state index is 12.1. The summed E-state index contributed by atoms with van der Waals surface area (Å²) in [6, 6.07) is 20.0. The molecule has 3 aromatic rings. The van der Waals surface area contributed by atoms with Crippen molar-refractivity contribution in [2.45, 2.75) is 11.8 Å². The van der Waals surface area contributed by atoms with Crippen LogP contribution in [0.15, 0.2) is 65.6 Å². The molecular formula is C19H16ClNOS. The van der Waals surface area contributed by atoms with Crippen molar-refractivity contribution in [3.8, 4) is 0 Å². The number of carbonyl (C=O) groups excluding carboxylic acids is 1. The molecule has 116 valence electrons. The van der Waals surface area contributed by atoms with E-state index in [1.165, 1.54) is 22.5 Å². The first-order valence-corrected chi connectivity index (χ1v) is 8.66. The molecule has 0 bridgehead atoms. The lowest BCUT2D eigenvalue weighted by atomic mass is 10.1. The summed E-state index contributed by atoms with van der Waals surface area (Å²) in [5.41, 5.74) is 1.72. The van der Waals surface area contributed by atoms with Gasteiger partial charge in [-0.25, -0.2) is 0 Å². The van der Waals surface area contributed by atoms with Gasteiger partial charge in [-0.1, -0.05) is 48.0 Å². The van der Waals surface area contributed by atoms with E-state index >= 15 is 0 Å². The Morgan fingerprint density at radius 1 is 1.04 bits per heavy atom. The lowest BCUT2D eigenvalue weighted by molar-refractivity contribution is -0.113. The van der Waals surface area contributed by atoms with Crippen molar-refractivity contribution < 1.29 is 4.79 Å². The van der Waals surface area contributed by atoms with E-state index in [4.69, 9.17) is 11.6 Å². The SMILES string of the molecule is Cc1ccc(NC(=O)CSc2ccc3ccccc3c2)cc1Cl. The normalized spacial score (nSPS) is 10.7. The molecule has 3 aromatic carbocycles. The van der Waals surface area contributed by atoms with Gasteiger partial charge in [-0.05, 0) is 47.5 Å². The minimum Gasteiger partial charge on any atom is -0.325 e. The number of aryl methyl sites for hydroxylation is 1. The molecule has 2 nitrogen and oxygen atoms in total. The number of thioether (sulfide) groups is 1. The number of hydrogen-bond acceptors (Lipinski definition) is 2. The Morgan fingerprint density at radius 3 is 2.61 bits per heavy atom. The van der Waals surface area contributed by atoms with Gasteiger partial charge in [-0.3, -0.25) is 4.79 Å². The minimum absolute atomic E-state index is 0.0388. The third-order valence-electron chi connectivity index (χ3n) is 3.55. The van der Waals surface area contributed by atoms with Crippen LogP contribution in [0, 0.1) is 6.92 Å². The number of halogens is 1. The Labute approximate surface area is 144 Å². The molecule has 3 rings (SSSR count). The van der Waals surface area contributed by atoms with E-state index in [9.17, 15) is 4.79 Å². The third kappa shape index (κ3) is 4.06. The molecule has 1 amide bonds. The average Bonchev–Trinajstić information content (AvgIpc) is 2.56. The highest BCUT2D eigenvalue weighted by Crippen LogP contribution is 2.24. The number of hydrogen-bond donors (Lipinski definition) is 1. The van der Waals surface area contributed by atoms with Crippen LogP contribution < -0.4 is 5.32 Å². The van der Waals surface area contributed by atoms with Crippen LogP contribution in [0.3, 0.4) is 0 Å². The van der Waals surface area contributed by atoms with Crippen LogP contribution in [-0.2, 0) is 4.79 Å². The van der Waals surface area contributed by atoms with E-state index < -0.39 is 0 Å². The van der Waals surface area contributed by atoms with E-state index in [-0.39, 0.29) is 5.91 Å². The predicted octanol–water partition coefficient (Wildman–Crippen LogP) is 5.53. The Hall–Kier alpha value is -1.97. The first kappa shape index (κ1) is 15.9. The van der Waals surface area contributed by atoms with Crippen LogP contribution in [0.5, 0.6) is 0 Å². The first-order chi connectivity index (χ1) is 11.1. The van der Waals surface area contributed by atoms with Crippen LogP contribution in [0.2, 0.25) is 5.02 Å². The Balaban J connectivity index is 1.62. The Bertz CT molecular complexity index is 863. The summed E-state index contributed by atoms with van der Waals surface area (Å²) in [7, 11) is 0. The summed E-state index contributed by atoms with van der Waals surface area (Å²) < 4.78 is 0. The van der Waals surface area contributed by atoms with Crippen LogP contribution in [0.4, 0.5) is 5.69 Å². The van der Waals surface area contributed by atoms with Crippen LogP contribution in [-0.4, -0.2) is 11.7 Å². The quantitative estimate of drug-likeness (QED) is 0.632. The molecule has 0 atom stereocenters. The highest BCUT2D eigenvalue weighted by Gasteiger charge is 2.05. The second-order valence-electron chi connectivity index (χ2n) is 5.31. The molecule has 1 N–H and O–H groups in total. The molecule has 0 aliphatic carbocycles. The van der Waals surface area contributed by atoms with Crippen molar-refractivity contribution in [1.29, 1.82) is 0 Å². The van der Waals surface area contributed by atoms with Gasteiger partial charge in [0.15, 0.2) is 0 Å². The molecule has 0 aliphatic rings. The van der Waals surface area contributed by atoms with E-state index in [0.717, 1.165) is 16.1 Å². The van der Waals surface area contributed by atoms with Crippen molar-refractivity contribution in [3.05, 3.63) is 71.2 Å². The van der Waals surface area contributed by atoms with E-state index in [1.807, 2.05) is 37.3 Å². The van der Waals surface area contributed by atoms with Crippen molar-refractivity contribution in [3.63, 3.8) is 0 Å². The van der Waals surface area contributed by atoms with E-state index in [2.05, 4.69) is 29.6 Å². The van der Waals surface area contributed by atoms with Gasteiger partial charge in [-0.15, -0.1) is 11.8 Å². The van der Waals surface area contributed by atoms with E-state index in [1.54, 1.807) is 6.07 Å². The largest absolute Gasteiger partial charge is 0.325 e. The average molecular weight is 342 g/mol. The molecule has 4 heteroatoms. The topological polar surface area (TPSA) is 29.1 Å². The zero-order valence-electron chi connectivity index (χ0n) is 12.7. The fourth-order valence-electron chi connectivity index (χ4n) is 2.27. The molecular weight excluding hydrogens is 326 g/mol. The first-order valence-electron chi connectivity index (χ1n) is 7.29. The van der Waals surface area contributed by atoms with Gasteiger partial charge >= 0.3 is 0 Å². The van der Waals surface area contributed by atoms with Gasteiger partial charge in [0.05, 0.1) is 5.75 Å². The lowest BCUT2D eigenvalue weighted by Crippen LogP contribution is -2.13.